The first-order chi connectivity index (χ1) is 11.0. The molecule has 0 saturated carbocycles. The lowest BCUT2D eigenvalue weighted by Gasteiger charge is -2.12. The lowest BCUT2D eigenvalue weighted by molar-refractivity contribution is 0.407. The molecule has 118 valence electrons. The van der Waals surface area contributed by atoms with Gasteiger partial charge in [0.05, 0.1) is 24.1 Å². The molecule has 0 atom stereocenters. The van der Waals surface area contributed by atoms with E-state index in [4.69, 9.17) is 4.74 Å². The van der Waals surface area contributed by atoms with E-state index in [1.54, 1.807) is 31.3 Å². The third kappa shape index (κ3) is 2.52. The van der Waals surface area contributed by atoms with E-state index in [2.05, 4.69) is 0 Å². The summed E-state index contributed by atoms with van der Waals surface area (Å²) in [6, 6.07) is 12.2. The average Bonchev–Trinajstić information content (AvgIpc) is 2.82. The molecule has 0 fully saturated rings. The Labute approximate surface area is 131 Å². The Morgan fingerprint density at radius 2 is 1.61 bits per heavy atom. The predicted octanol–water partition coefficient (Wildman–Crippen LogP) is 3.13. The Bertz CT molecular complexity index is 891. The zero-order valence-corrected chi connectivity index (χ0v) is 12.6. The van der Waals surface area contributed by atoms with Crippen molar-refractivity contribution in [3.8, 4) is 22.7 Å². The first-order valence-electron chi connectivity index (χ1n) is 6.91. The first kappa shape index (κ1) is 15.0. The zero-order chi connectivity index (χ0) is 16.6. The molecule has 6 heteroatoms. The van der Waals surface area contributed by atoms with Crippen LogP contribution in [-0.4, -0.2) is 16.5 Å². The number of hydrogen-bond donors (Lipinski definition) is 0. The average molecular weight is 316 g/mol. The summed E-state index contributed by atoms with van der Waals surface area (Å²) in [5.74, 6) is -1.50. The summed E-state index contributed by atoms with van der Waals surface area (Å²) in [5.41, 5.74) is 0.125. The number of nitrogens with zero attached hydrogens (tertiary/aromatic N) is 2. The van der Waals surface area contributed by atoms with Gasteiger partial charge in [0.15, 0.2) is 0 Å². The van der Waals surface area contributed by atoms with Gasteiger partial charge < -0.3 is 4.74 Å². The van der Waals surface area contributed by atoms with Crippen molar-refractivity contribution in [2.45, 2.75) is 0 Å². The lowest BCUT2D eigenvalue weighted by Crippen LogP contribution is -2.19. The largest absolute Gasteiger partial charge is 0.497 e. The number of benzene rings is 2. The summed E-state index contributed by atoms with van der Waals surface area (Å²) in [6.45, 7) is 0. The summed E-state index contributed by atoms with van der Waals surface area (Å²) in [7, 11) is 2.91. The highest BCUT2D eigenvalue weighted by Crippen LogP contribution is 2.29. The van der Waals surface area contributed by atoms with Crippen molar-refractivity contribution >= 4 is 0 Å². The number of aromatic nitrogens is 2. The highest BCUT2D eigenvalue weighted by atomic mass is 19.1. The second-order valence-electron chi connectivity index (χ2n) is 5.00. The summed E-state index contributed by atoms with van der Waals surface area (Å²) in [5, 5.41) is 0. The molecule has 0 bridgehead atoms. The Morgan fingerprint density at radius 3 is 2.17 bits per heavy atom. The van der Waals surface area contributed by atoms with Crippen LogP contribution in [0.15, 0.2) is 53.3 Å². The van der Waals surface area contributed by atoms with Crippen LogP contribution in [0, 0.1) is 11.6 Å². The molecule has 2 aromatic carbocycles. The van der Waals surface area contributed by atoms with Gasteiger partial charge in [0.1, 0.15) is 17.4 Å². The van der Waals surface area contributed by atoms with Crippen LogP contribution in [0.2, 0.25) is 0 Å². The van der Waals surface area contributed by atoms with Crippen molar-refractivity contribution in [2.24, 2.45) is 7.05 Å². The van der Waals surface area contributed by atoms with E-state index in [1.807, 2.05) is 6.07 Å². The van der Waals surface area contributed by atoms with Gasteiger partial charge in [0.2, 0.25) is 0 Å². The number of rotatable bonds is 3. The second kappa shape index (κ2) is 5.72. The van der Waals surface area contributed by atoms with Crippen LogP contribution in [0.5, 0.6) is 5.75 Å². The molecule has 0 aliphatic heterocycles. The number of halogens is 2. The van der Waals surface area contributed by atoms with Gasteiger partial charge in [-0.25, -0.2) is 13.5 Å². The van der Waals surface area contributed by atoms with E-state index in [1.165, 1.54) is 22.5 Å². The predicted molar refractivity (Wildman–Crippen MR) is 82.9 cm³/mol. The monoisotopic (exact) mass is 316 g/mol. The van der Waals surface area contributed by atoms with Crippen LogP contribution in [0.4, 0.5) is 8.78 Å². The molecule has 0 radical (unpaired) electrons. The third-order valence-corrected chi connectivity index (χ3v) is 3.63. The molecule has 23 heavy (non-hydrogen) atoms. The molecular formula is C17H14F2N2O2. The molecule has 0 N–H and O–H groups in total. The summed E-state index contributed by atoms with van der Waals surface area (Å²) in [6.07, 6.45) is 0. The van der Waals surface area contributed by atoms with Crippen LogP contribution >= 0.6 is 0 Å². The Morgan fingerprint density at radius 1 is 1.00 bits per heavy atom. The van der Waals surface area contributed by atoms with Gasteiger partial charge in [0.25, 0.3) is 5.56 Å². The van der Waals surface area contributed by atoms with Crippen molar-refractivity contribution in [3.05, 3.63) is 70.5 Å². The van der Waals surface area contributed by atoms with Crippen molar-refractivity contribution < 1.29 is 13.5 Å². The standard InChI is InChI=1S/C17H14F2N2O2/c1-20-15(17-13(18)8-12(23-2)9-14(17)19)10-16(22)21(20)11-6-4-3-5-7-11/h3-10H,1-2H3. The van der Waals surface area contributed by atoms with E-state index in [9.17, 15) is 13.6 Å². The second-order valence-corrected chi connectivity index (χ2v) is 5.00. The van der Waals surface area contributed by atoms with Gasteiger partial charge in [-0.05, 0) is 12.1 Å². The lowest BCUT2D eigenvalue weighted by atomic mass is 10.1. The number of para-hydroxylation sites is 1. The highest BCUT2D eigenvalue weighted by Gasteiger charge is 2.19. The van der Waals surface area contributed by atoms with E-state index in [0.717, 1.165) is 12.1 Å². The smallest absolute Gasteiger partial charge is 0.271 e. The van der Waals surface area contributed by atoms with Crippen LogP contribution in [0.1, 0.15) is 0 Å². The van der Waals surface area contributed by atoms with E-state index < -0.39 is 11.6 Å². The summed E-state index contributed by atoms with van der Waals surface area (Å²) < 4.78 is 36.1. The van der Waals surface area contributed by atoms with Gasteiger partial charge in [0, 0.05) is 25.2 Å². The van der Waals surface area contributed by atoms with E-state index in [0.29, 0.717) is 5.69 Å². The van der Waals surface area contributed by atoms with E-state index in [-0.39, 0.29) is 22.6 Å². The molecule has 0 aliphatic rings. The minimum absolute atomic E-state index is 0.0799. The van der Waals surface area contributed by atoms with Crippen LogP contribution < -0.4 is 10.3 Å². The SMILES string of the molecule is COc1cc(F)c(-c2cc(=O)n(-c3ccccc3)n2C)c(F)c1. The Balaban J connectivity index is 2.23. The van der Waals surface area contributed by atoms with Crippen LogP contribution in [0.25, 0.3) is 16.9 Å². The molecule has 0 aliphatic carbocycles. The van der Waals surface area contributed by atoms with Crippen molar-refractivity contribution in [1.82, 2.24) is 9.36 Å². The van der Waals surface area contributed by atoms with Gasteiger partial charge in [-0.15, -0.1) is 0 Å². The van der Waals surface area contributed by atoms with Gasteiger partial charge in [-0.1, -0.05) is 18.2 Å². The first-order valence-corrected chi connectivity index (χ1v) is 6.91. The molecule has 3 rings (SSSR count). The van der Waals surface area contributed by atoms with Crippen LogP contribution in [0.3, 0.4) is 0 Å². The van der Waals surface area contributed by atoms with Crippen molar-refractivity contribution in [2.75, 3.05) is 7.11 Å². The number of ether oxygens (including phenoxy) is 1. The molecule has 4 nitrogen and oxygen atoms in total. The summed E-state index contributed by atoms with van der Waals surface area (Å²) >= 11 is 0. The summed E-state index contributed by atoms with van der Waals surface area (Å²) in [4.78, 5) is 12.3. The maximum Gasteiger partial charge on any atom is 0.271 e. The molecule has 0 saturated heterocycles. The minimum Gasteiger partial charge on any atom is -0.497 e. The molecule has 3 aromatic rings. The molecular weight excluding hydrogens is 302 g/mol. The van der Waals surface area contributed by atoms with E-state index >= 15 is 0 Å². The minimum atomic E-state index is -0.789. The molecule has 1 heterocycles. The van der Waals surface area contributed by atoms with Gasteiger partial charge in [-0.3, -0.25) is 9.48 Å². The molecule has 0 unspecified atom stereocenters. The number of methoxy groups -OCH3 is 1. The van der Waals surface area contributed by atoms with Crippen molar-refractivity contribution in [1.29, 1.82) is 0 Å². The highest BCUT2D eigenvalue weighted by molar-refractivity contribution is 5.62. The third-order valence-electron chi connectivity index (χ3n) is 3.63. The molecule has 0 spiro atoms. The fourth-order valence-electron chi connectivity index (χ4n) is 2.54. The zero-order valence-electron chi connectivity index (χ0n) is 12.6. The van der Waals surface area contributed by atoms with Crippen molar-refractivity contribution in [3.63, 3.8) is 0 Å². The maximum absolute atomic E-state index is 14.3. The Hall–Kier alpha value is -2.89. The maximum atomic E-state index is 14.3. The topological polar surface area (TPSA) is 36.2 Å². The van der Waals surface area contributed by atoms with Gasteiger partial charge >= 0.3 is 0 Å². The normalized spacial score (nSPS) is 10.8. The van der Waals surface area contributed by atoms with Gasteiger partial charge in [-0.2, -0.15) is 0 Å². The van der Waals surface area contributed by atoms with Crippen LogP contribution in [-0.2, 0) is 7.05 Å². The molecule has 0 amide bonds. The molecule has 1 aromatic heterocycles. The Kier molecular flexibility index (Phi) is 3.73. The fourth-order valence-corrected chi connectivity index (χ4v) is 2.54. The quantitative estimate of drug-likeness (QED) is 0.744. The number of hydrogen-bond acceptors (Lipinski definition) is 2. The fraction of sp³-hybridized carbons (Fsp3) is 0.118.